The maximum absolute atomic E-state index is 12.4. The van der Waals surface area contributed by atoms with Crippen LogP contribution >= 0.6 is 0 Å². The Morgan fingerprint density at radius 2 is 1.73 bits per heavy atom. The second-order valence-corrected chi connectivity index (χ2v) is 6.74. The van der Waals surface area contributed by atoms with Crippen LogP contribution < -0.4 is 10.6 Å². The van der Waals surface area contributed by atoms with Gasteiger partial charge in [-0.3, -0.25) is 4.79 Å². The lowest BCUT2D eigenvalue weighted by molar-refractivity contribution is -0.118. The molecule has 122 valence electrons. The number of anilines is 1. The highest BCUT2D eigenvalue weighted by molar-refractivity contribution is 5.95. The molecule has 1 fully saturated rings. The van der Waals surface area contributed by atoms with Crippen molar-refractivity contribution >= 4 is 11.6 Å². The van der Waals surface area contributed by atoms with Crippen LogP contribution in [0.1, 0.15) is 63.0 Å². The van der Waals surface area contributed by atoms with Crippen LogP contribution in [0.3, 0.4) is 0 Å². The van der Waals surface area contributed by atoms with Gasteiger partial charge in [0.05, 0.1) is 6.04 Å². The molecule has 0 aromatic heterocycles. The van der Waals surface area contributed by atoms with E-state index in [1.54, 1.807) is 0 Å². The molecule has 1 aliphatic carbocycles. The summed E-state index contributed by atoms with van der Waals surface area (Å²) in [6.07, 6.45) is 8.99. The zero-order chi connectivity index (χ0) is 15.9. The van der Waals surface area contributed by atoms with E-state index in [1.165, 1.54) is 50.5 Å². The molecule has 1 saturated carbocycles. The minimum atomic E-state index is -0.149. The monoisotopic (exact) mass is 302 g/mol. The lowest BCUT2D eigenvalue weighted by Gasteiger charge is -2.25. The largest absolute Gasteiger partial charge is 0.324 e. The molecule has 2 N–H and O–H groups in total. The van der Waals surface area contributed by atoms with Gasteiger partial charge in [-0.15, -0.1) is 0 Å². The molecule has 0 saturated heterocycles. The van der Waals surface area contributed by atoms with Crippen molar-refractivity contribution in [1.82, 2.24) is 5.32 Å². The molecular weight excluding hydrogens is 272 g/mol. The van der Waals surface area contributed by atoms with Gasteiger partial charge in [-0.25, -0.2) is 0 Å². The van der Waals surface area contributed by atoms with Crippen LogP contribution in [0.5, 0.6) is 0 Å². The van der Waals surface area contributed by atoms with Gasteiger partial charge in [0.1, 0.15) is 0 Å². The SMILES string of the molecule is Cc1ccc(C)c(NC(=O)[C@H](C)NC2CCCCCCC2)c1. The fourth-order valence-electron chi connectivity index (χ4n) is 3.16. The molecule has 3 heteroatoms. The van der Waals surface area contributed by atoms with E-state index < -0.39 is 0 Å². The third-order valence-electron chi connectivity index (χ3n) is 4.64. The number of rotatable bonds is 4. The first-order valence-electron chi connectivity index (χ1n) is 8.70. The van der Waals surface area contributed by atoms with Crippen molar-refractivity contribution < 1.29 is 4.79 Å². The normalized spacial score (nSPS) is 18.3. The Morgan fingerprint density at radius 1 is 1.09 bits per heavy atom. The summed E-state index contributed by atoms with van der Waals surface area (Å²) in [4.78, 5) is 12.4. The van der Waals surface area contributed by atoms with Crippen LogP contribution in [0.4, 0.5) is 5.69 Å². The predicted octanol–water partition coefficient (Wildman–Crippen LogP) is 4.33. The molecular formula is C19H30N2O. The van der Waals surface area contributed by atoms with E-state index in [9.17, 15) is 4.79 Å². The number of amides is 1. The molecule has 1 atom stereocenters. The zero-order valence-electron chi connectivity index (χ0n) is 14.2. The van der Waals surface area contributed by atoms with Crippen LogP contribution in [-0.2, 0) is 4.79 Å². The van der Waals surface area contributed by atoms with Crippen molar-refractivity contribution in [3.8, 4) is 0 Å². The molecule has 0 heterocycles. The number of carbonyl (C=O) groups is 1. The summed E-state index contributed by atoms with van der Waals surface area (Å²) in [6, 6.07) is 6.50. The summed E-state index contributed by atoms with van der Waals surface area (Å²) < 4.78 is 0. The van der Waals surface area contributed by atoms with E-state index in [4.69, 9.17) is 0 Å². The quantitative estimate of drug-likeness (QED) is 0.869. The summed E-state index contributed by atoms with van der Waals surface area (Å²) in [5.41, 5.74) is 3.20. The van der Waals surface area contributed by atoms with E-state index in [0.29, 0.717) is 6.04 Å². The summed E-state index contributed by atoms with van der Waals surface area (Å²) in [5.74, 6) is 0.0655. The summed E-state index contributed by atoms with van der Waals surface area (Å²) in [7, 11) is 0. The molecule has 0 spiro atoms. The molecule has 22 heavy (non-hydrogen) atoms. The van der Waals surface area contributed by atoms with E-state index >= 15 is 0 Å². The number of hydrogen-bond donors (Lipinski definition) is 2. The maximum atomic E-state index is 12.4. The van der Waals surface area contributed by atoms with Gasteiger partial charge < -0.3 is 10.6 Å². The van der Waals surface area contributed by atoms with Crippen molar-refractivity contribution in [3.05, 3.63) is 29.3 Å². The average molecular weight is 302 g/mol. The molecule has 2 rings (SSSR count). The van der Waals surface area contributed by atoms with Gasteiger partial charge >= 0.3 is 0 Å². The smallest absolute Gasteiger partial charge is 0.241 e. The Kier molecular flexibility index (Phi) is 6.44. The Morgan fingerprint density at radius 3 is 2.41 bits per heavy atom. The molecule has 1 aliphatic rings. The Bertz CT molecular complexity index is 490. The van der Waals surface area contributed by atoms with Gasteiger partial charge in [-0.2, -0.15) is 0 Å². The van der Waals surface area contributed by atoms with E-state index in [-0.39, 0.29) is 11.9 Å². The van der Waals surface area contributed by atoms with Crippen molar-refractivity contribution in [3.63, 3.8) is 0 Å². The van der Waals surface area contributed by atoms with Crippen LogP contribution in [0, 0.1) is 13.8 Å². The summed E-state index contributed by atoms with van der Waals surface area (Å²) in [5, 5.41) is 6.60. The summed E-state index contributed by atoms with van der Waals surface area (Å²) >= 11 is 0. The van der Waals surface area contributed by atoms with Crippen molar-refractivity contribution in [1.29, 1.82) is 0 Å². The lowest BCUT2D eigenvalue weighted by atomic mass is 9.96. The van der Waals surface area contributed by atoms with Crippen LogP contribution in [0.2, 0.25) is 0 Å². The molecule has 0 radical (unpaired) electrons. The van der Waals surface area contributed by atoms with Crippen molar-refractivity contribution in [2.75, 3.05) is 5.32 Å². The highest BCUT2D eigenvalue weighted by atomic mass is 16.2. The van der Waals surface area contributed by atoms with Gasteiger partial charge in [-0.05, 0) is 50.8 Å². The first-order chi connectivity index (χ1) is 10.6. The lowest BCUT2D eigenvalue weighted by Crippen LogP contribution is -2.44. The minimum absolute atomic E-state index is 0.0655. The second-order valence-electron chi connectivity index (χ2n) is 6.74. The number of hydrogen-bond acceptors (Lipinski definition) is 2. The maximum Gasteiger partial charge on any atom is 0.241 e. The van der Waals surface area contributed by atoms with E-state index in [2.05, 4.69) is 22.8 Å². The van der Waals surface area contributed by atoms with Crippen molar-refractivity contribution in [2.45, 2.75) is 77.8 Å². The topological polar surface area (TPSA) is 41.1 Å². The van der Waals surface area contributed by atoms with E-state index in [0.717, 1.165) is 11.3 Å². The van der Waals surface area contributed by atoms with Gasteiger partial charge in [-0.1, -0.05) is 44.2 Å². The number of aryl methyl sites for hydroxylation is 2. The third-order valence-corrected chi connectivity index (χ3v) is 4.64. The zero-order valence-corrected chi connectivity index (χ0v) is 14.2. The Labute approximate surface area is 134 Å². The van der Waals surface area contributed by atoms with Gasteiger partial charge in [0.2, 0.25) is 5.91 Å². The third kappa shape index (κ3) is 5.13. The van der Waals surface area contributed by atoms with E-state index in [1.807, 2.05) is 26.8 Å². The van der Waals surface area contributed by atoms with Crippen LogP contribution in [0.25, 0.3) is 0 Å². The number of nitrogens with one attached hydrogen (secondary N) is 2. The molecule has 0 unspecified atom stereocenters. The minimum Gasteiger partial charge on any atom is -0.324 e. The molecule has 1 amide bonds. The fourth-order valence-corrected chi connectivity index (χ4v) is 3.16. The predicted molar refractivity (Wildman–Crippen MR) is 93.3 cm³/mol. The molecule has 0 aliphatic heterocycles. The second kappa shape index (κ2) is 8.33. The number of benzene rings is 1. The van der Waals surface area contributed by atoms with Gasteiger partial charge in [0.15, 0.2) is 0 Å². The summed E-state index contributed by atoms with van der Waals surface area (Å²) in [6.45, 7) is 6.05. The highest BCUT2D eigenvalue weighted by Gasteiger charge is 2.19. The first kappa shape index (κ1) is 17.0. The Balaban J connectivity index is 1.89. The highest BCUT2D eigenvalue weighted by Crippen LogP contribution is 2.19. The van der Waals surface area contributed by atoms with Crippen LogP contribution in [-0.4, -0.2) is 18.0 Å². The standard InChI is InChI=1S/C19H30N2O/c1-14-11-12-15(2)18(13-14)21-19(22)16(3)20-17-9-7-5-4-6-8-10-17/h11-13,16-17,20H,4-10H2,1-3H3,(H,21,22)/t16-/m0/s1. The Hall–Kier alpha value is -1.35. The molecule has 1 aromatic carbocycles. The van der Waals surface area contributed by atoms with Crippen LogP contribution in [0.15, 0.2) is 18.2 Å². The number of carbonyl (C=O) groups excluding carboxylic acids is 1. The first-order valence-corrected chi connectivity index (χ1v) is 8.70. The van der Waals surface area contributed by atoms with Gasteiger partial charge in [0.25, 0.3) is 0 Å². The fraction of sp³-hybridized carbons (Fsp3) is 0.632. The molecule has 3 nitrogen and oxygen atoms in total. The molecule has 0 bridgehead atoms. The van der Waals surface area contributed by atoms with Gasteiger partial charge in [0, 0.05) is 11.7 Å². The average Bonchev–Trinajstić information content (AvgIpc) is 2.45. The molecule has 1 aromatic rings. The van der Waals surface area contributed by atoms with Crippen molar-refractivity contribution in [2.24, 2.45) is 0 Å².